The standard InChI is InChI=1S/C20H23N5O.C11H14ClN3/c1-4-6-15-14(5-2)18-19(24-15)22-11-23-20(18)25-16-7-12-9-21-10-13(12)8-17(16)26-3;1-3-5-8-7(4-2)9-10(12)13-6-14-11(9)15-8/h7-9,11H,4-6,10H2,1-3H3,(H2,22,23,24,25);6H,3-5H2,1-2H3,(H,13,14,15). The molecule has 1 aliphatic rings. The van der Waals surface area contributed by atoms with E-state index in [2.05, 4.69) is 74.0 Å². The Morgan fingerprint density at radius 3 is 2.12 bits per heavy atom. The second-order valence-corrected chi connectivity index (χ2v) is 10.4. The third kappa shape index (κ3) is 5.63. The van der Waals surface area contributed by atoms with Gasteiger partial charge in [-0.25, -0.2) is 19.9 Å². The number of fused-ring (bicyclic) bond motifs is 3. The minimum Gasteiger partial charge on any atom is -0.495 e. The van der Waals surface area contributed by atoms with Crippen LogP contribution >= 0.6 is 11.6 Å². The van der Waals surface area contributed by atoms with E-state index in [-0.39, 0.29) is 0 Å². The number of hydrogen-bond acceptors (Lipinski definition) is 7. The maximum absolute atomic E-state index is 6.08. The van der Waals surface area contributed by atoms with Gasteiger partial charge in [-0.1, -0.05) is 52.1 Å². The van der Waals surface area contributed by atoms with Crippen LogP contribution in [0.2, 0.25) is 5.15 Å². The van der Waals surface area contributed by atoms with Gasteiger partial charge in [0, 0.05) is 17.6 Å². The smallest absolute Gasteiger partial charge is 0.143 e. The van der Waals surface area contributed by atoms with Gasteiger partial charge >= 0.3 is 0 Å². The lowest BCUT2D eigenvalue weighted by Gasteiger charge is -2.13. The highest BCUT2D eigenvalue weighted by Gasteiger charge is 2.18. The summed E-state index contributed by atoms with van der Waals surface area (Å²) in [7, 11) is 1.69. The number of methoxy groups -OCH3 is 1. The fourth-order valence-corrected chi connectivity index (χ4v) is 5.81. The van der Waals surface area contributed by atoms with Crippen molar-refractivity contribution in [1.29, 1.82) is 0 Å². The van der Waals surface area contributed by atoms with Gasteiger partial charge in [0.15, 0.2) is 0 Å². The molecule has 41 heavy (non-hydrogen) atoms. The number of ether oxygens (including phenoxy) is 1. The molecule has 3 N–H and O–H groups in total. The molecule has 5 aromatic rings. The number of aromatic amines is 2. The molecule has 0 amide bonds. The summed E-state index contributed by atoms with van der Waals surface area (Å²) in [6, 6.07) is 4.12. The van der Waals surface area contributed by atoms with E-state index in [1.54, 1.807) is 13.4 Å². The Balaban J connectivity index is 0.000000191. The Kier molecular flexibility index (Phi) is 8.83. The van der Waals surface area contributed by atoms with Gasteiger partial charge < -0.3 is 20.0 Å². The van der Waals surface area contributed by atoms with Crippen molar-refractivity contribution in [3.8, 4) is 5.75 Å². The maximum Gasteiger partial charge on any atom is 0.143 e. The first-order chi connectivity index (χ1) is 20.0. The van der Waals surface area contributed by atoms with Crippen molar-refractivity contribution in [2.45, 2.75) is 72.8 Å². The Morgan fingerprint density at radius 2 is 1.49 bits per heavy atom. The van der Waals surface area contributed by atoms with Crippen molar-refractivity contribution in [2.75, 3.05) is 12.4 Å². The minimum absolute atomic E-state index is 0.551. The molecule has 4 aromatic heterocycles. The second-order valence-electron chi connectivity index (χ2n) is 10.1. The molecule has 1 aliphatic heterocycles. The SMILES string of the molecule is CCCc1[nH]c2ncnc(Cl)c2c1CC.CCCc1[nH]c2ncnc(Nc3cc4c(cc3OC)CN=C4)c2c1CC. The van der Waals surface area contributed by atoms with Crippen LogP contribution in [0.4, 0.5) is 11.5 Å². The number of halogens is 1. The van der Waals surface area contributed by atoms with Crippen molar-refractivity contribution in [2.24, 2.45) is 4.99 Å². The van der Waals surface area contributed by atoms with Gasteiger partial charge in [-0.15, -0.1) is 0 Å². The number of benzene rings is 1. The van der Waals surface area contributed by atoms with Crippen LogP contribution in [0.5, 0.6) is 5.75 Å². The second kappa shape index (κ2) is 12.7. The van der Waals surface area contributed by atoms with Crippen molar-refractivity contribution in [3.63, 3.8) is 0 Å². The number of nitrogens with zero attached hydrogens (tertiary/aromatic N) is 5. The number of aryl methyl sites for hydroxylation is 4. The van der Waals surface area contributed by atoms with Gasteiger partial charge in [-0.05, 0) is 60.1 Å². The van der Waals surface area contributed by atoms with Crippen molar-refractivity contribution in [3.05, 3.63) is 63.6 Å². The zero-order chi connectivity index (χ0) is 28.9. The maximum atomic E-state index is 6.08. The predicted molar refractivity (Wildman–Crippen MR) is 167 cm³/mol. The molecule has 0 radical (unpaired) electrons. The summed E-state index contributed by atoms with van der Waals surface area (Å²) in [5.41, 5.74) is 9.97. The molecule has 0 saturated carbocycles. The van der Waals surface area contributed by atoms with Crippen molar-refractivity contribution >= 4 is 51.4 Å². The molecule has 10 heteroatoms. The normalized spacial score (nSPS) is 12.0. The van der Waals surface area contributed by atoms with E-state index in [4.69, 9.17) is 16.3 Å². The van der Waals surface area contributed by atoms with Crippen molar-refractivity contribution < 1.29 is 4.74 Å². The summed E-state index contributed by atoms with van der Waals surface area (Å²) in [5.74, 6) is 1.60. The van der Waals surface area contributed by atoms with E-state index >= 15 is 0 Å². The monoisotopic (exact) mass is 572 g/mol. The topological polar surface area (TPSA) is 117 Å². The zero-order valence-corrected chi connectivity index (χ0v) is 25.1. The Bertz CT molecular complexity index is 1700. The number of aliphatic imine (C=N–C) groups is 1. The lowest BCUT2D eigenvalue weighted by Crippen LogP contribution is -2.01. The summed E-state index contributed by atoms with van der Waals surface area (Å²) in [6.45, 7) is 9.36. The highest BCUT2D eigenvalue weighted by atomic mass is 35.5. The fraction of sp³-hybridized carbons (Fsp3) is 0.387. The molecule has 1 aromatic carbocycles. The number of hydrogen-bond donors (Lipinski definition) is 3. The van der Waals surface area contributed by atoms with Gasteiger partial charge in [0.2, 0.25) is 0 Å². The molecule has 0 unspecified atom stereocenters. The van der Waals surface area contributed by atoms with E-state index in [1.165, 1.54) is 34.4 Å². The molecule has 0 spiro atoms. The number of H-pyrrole nitrogens is 2. The molecule has 9 nitrogen and oxygen atoms in total. The highest BCUT2D eigenvalue weighted by Crippen LogP contribution is 2.35. The van der Waals surface area contributed by atoms with Crippen LogP contribution in [-0.2, 0) is 32.2 Å². The number of nitrogens with one attached hydrogen (secondary N) is 3. The average molecular weight is 573 g/mol. The summed E-state index contributed by atoms with van der Waals surface area (Å²) < 4.78 is 5.59. The largest absolute Gasteiger partial charge is 0.495 e. The molecular weight excluding hydrogens is 536 g/mol. The third-order valence-electron chi connectivity index (χ3n) is 7.43. The van der Waals surface area contributed by atoms with E-state index in [0.29, 0.717) is 11.7 Å². The first-order valence-electron chi connectivity index (χ1n) is 14.3. The van der Waals surface area contributed by atoms with Gasteiger partial charge in [0.05, 0.1) is 30.1 Å². The quantitative estimate of drug-likeness (QED) is 0.160. The van der Waals surface area contributed by atoms with Crippen LogP contribution in [-0.4, -0.2) is 43.2 Å². The first-order valence-corrected chi connectivity index (χ1v) is 14.7. The van der Waals surface area contributed by atoms with Crippen LogP contribution in [0.15, 0.2) is 29.8 Å². The molecular formula is C31H37ClN8O. The molecule has 6 rings (SSSR count). The van der Waals surface area contributed by atoms with E-state index in [1.807, 2.05) is 12.3 Å². The number of aromatic nitrogens is 6. The summed E-state index contributed by atoms with van der Waals surface area (Å²) in [5, 5.41) is 6.08. The van der Waals surface area contributed by atoms with Gasteiger partial charge in [-0.2, -0.15) is 0 Å². The van der Waals surface area contributed by atoms with Gasteiger partial charge in [0.25, 0.3) is 0 Å². The van der Waals surface area contributed by atoms with Gasteiger partial charge in [0.1, 0.15) is 40.7 Å². The van der Waals surface area contributed by atoms with Crippen molar-refractivity contribution in [1.82, 2.24) is 29.9 Å². The van der Waals surface area contributed by atoms with Gasteiger partial charge in [-0.3, -0.25) is 4.99 Å². The predicted octanol–water partition coefficient (Wildman–Crippen LogP) is 7.28. The minimum atomic E-state index is 0.551. The van der Waals surface area contributed by atoms with Crippen LogP contribution in [0.25, 0.3) is 22.1 Å². The molecule has 0 bridgehead atoms. The van der Waals surface area contributed by atoms with Crippen LogP contribution < -0.4 is 10.1 Å². The highest BCUT2D eigenvalue weighted by molar-refractivity contribution is 6.34. The molecule has 5 heterocycles. The Labute approximate surface area is 245 Å². The summed E-state index contributed by atoms with van der Waals surface area (Å²) in [4.78, 5) is 28.3. The molecule has 0 aliphatic carbocycles. The molecule has 0 fully saturated rings. The van der Waals surface area contributed by atoms with Crippen LogP contribution in [0.1, 0.15) is 74.2 Å². The Morgan fingerprint density at radius 1 is 0.854 bits per heavy atom. The summed E-state index contributed by atoms with van der Waals surface area (Å²) >= 11 is 6.08. The van der Waals surface area contributed by atoms with Crippen LogP contribution in [0, 0.1) is 0 Å². The van der Waals surface area contributed by atoms with E-state index in [9.17, 15) is 0 Å². The molecule has 0 saturated heterocycles. The van der Waals surface area contributed by atoms with Crippen LogP contribution in [0.3, 0.4) is 0 Å². The Hall–Kier alpha value is -3.98. The summed E-state index contributed by atoms with van der Waals surface area (Å²) in [6.07, 6.45) is 11.1. The fourth-order valence-electron chi connectivity index (χ4n) is 5.57. The average Bonchev–Trinajstić information content (AvgIpc) is 3.68. The first kappa shape index (κ1) is 28.5. The molecule has 214 valence electrons. The lowest BCUT2D eigenvalue weighted by atomic mass is 10.1. The zero-order valence-electron chi connectivity index (χ0n) is 24.4. The van der Waals surface area contributed by atoms with E-state index in [0.717, 1.165) is 83.4 Å². The number of anilines is 2. The lowest BCUT2D eigenvalue weighted by molar-refractivity contribution is 0.416. The number of rotatable bonds is 9. The van der Waals surface area contributed by atoms with E-state index < -0.39 is 0 Å². The third-order valence-corrected chi connectivity index (χ3v) is 7.72. The molecule has 0 atom stereocenters.